The number of benzene rings is 2. The molecule has 33 heavy (non-hydrogen) atoms. The van der Waals surface area contributed by atoms with Crippen LogP contribution in [0, 0.1) is 11.7 Å². The first-order valence-corrected chi connectivity index (χ1v) is 11.9. The minimum atomic E-state index is -0.268. The summed E-state index contributed by atoms with van der Waals surface area (Å²) in [6.45, 7) is 6.14. The predicted octanol–water partition coefficient (Wildman–Crippen LogP) is 4.81. The summed E-state index contributed by atoms with van der Waals surface area (Å²) in [6.07, 6.45) is 4.24. The van der Waals surface area contributed by atoms with Gasteiger partial charge in [-0.2, -0.15) is 0 Å². The van der Waals surface area contributed by atoms with Crippen molar-refractivity contribution >= 4 is 11.8 Å². The number of carbonyl (C=O) groups excluding carboxylic acids is 2. The molecule has 0 aromatic heterocycles. The summed E-state index contributed by atoms with van der Waals surface area (Å²) in [5.74, 6) is 0.227. The highest BCUT2D eigenvalue weighted by atomic mass is 19.1. The number of hydrogen-bond acceptors (Lipinski definition) is 3. The van der Waals surface area contributed by atoms with Crippen LogP contribution in [0.4, 0.5) is 4.39 Å². The molecular weight excluding hydrogens is 419 g/mol. The van der Waals surface area contributed by atoms with Crippen LogP contribution in [0.25, 0.3) is 11.1 Å². The lowest BCUT2D eigenvalue weighted by atomic mass is 9.88. The van der Waals surface area contributed by atoms with E-state index in [1.54, 1.807) is 24.3 Å². The number of nitrogens with one attached hydrogen (secondary N) is 1. The molecule has 1 spiro atoms. The fraction of sp³-hybridized carbons (Fsp3) is 0.481. The van der Waals surface area contributed by atoms with Crippen LogP contribution in [-0.4, -0.2) is 48.1 Å². The quantitative estimate of drug-likeness (QED) is 0.684. The number of likely N-dealkylation sites (tertiary alicyclic amines) is 1. The Hall–Kier alpha value is -2.73. The van der Waals surface area contributed by atoms with E-state index >= 15 is 0 Å². The molecule has 6 heteroatoms. The van der Waals surface area contributed by atoms with E-state index in [9.17, 15) is 14.0 Å². The molecule has 4 rings (SSSR count). The molecule has 2 aromatic carbocycles. The van der Waals surface area contributed by atoms with Crippen LogP contribution in [0.3, 0.4) is 0 Å². The molecule has 2 aromatic rings. The lowest BCUT2D eigenvalue weighted by Gasteiger charge is -2.39. The average Bonchev–Trinajstić information content (AvgIpc) is 3.20. The summed E-state index contributed by atoms with van der Waals surface area (Å²) in [5.41, 5.74) is 2.28. The standard InChI is InChI=1S/C27H33FN2O3/c1-19(2)17-25(31)30-15-13-27(14-16-30)12-11-24(33-27)18-29-26(32)22-5-3-20(4-6-22)21-7-9-23(28)10-8-21/h3-10,19,24H,11-18H2,1-2H3,(H,29,32). The van der Waals surface area contributed by atoms with Crippen molar-refractivity contribution in [2.75, 3.05) is 19.6 Å². The van der Waals surface area contributed by atoms with E-state index in [1.165, 1.54) is 12.1 Å². The Labute approximate surface area is 195 Å². The molecule has 2 aliphatic rings. The van der Waals surface area contributed by atoms with Crippen LogP contribution in [-0.2, 0) is 9.53 Å². The van der Waals surface area contributed by atoms with Crippen LogP contribution in [0.15, 0.2) is 48.5 Å². The van der Waals surface area contributed by atoms with Crippen LogP contribution < -0.4 is 5.32 Å². The molecule has 2 aliphatic heterocycles. The van der Waals surface area contributed by atoms with Gasteiger partial charge in [0.05, 0.1) is 11.7 Å². The summed E-state index contributed by atoms with van der Waals surface area (Å²) in [4.78, 5) is 26.9. The third kappa shape index (κ3) is 5.80. The average molecular weight is 453 g/mol. The van der Waals surface area contributed by atoms with E-state index in [2.05, 4.69) is 19.2 Å². The minimum Gasteiger partial charge on any atom is -0.370 e. The molecule has 2 fully saturated rings. The summed E-state index contributed by atoms with van der Waals surface area (Å²) in [7, 11) is 0. The van der Waals surface area contributed by atoms with Crippen molar-refractivity contribution in [1.82, 2.24) is 10.2 Å². The number of carbonyl (C=O) groups is 2. The molecule has 1 unspecified atom stereocenters. The molecule has 1 N–H and O–H groups in total. The number of piperidine rings is 1. The van der Waals surface area contributed by atoms with Crippen LogP contribution in [0.5, 0.6) is 0 Å². The molecule has 0 saturated carbocycles. The van der Waals surface area contributed by atoms with Gasteiger partial charge in [0.1, 0.15) is 5.82 Å². The zero-order chi connectivity index (χ0) is 23.4. The topological polar surface area (TPSA) is 58.6 Å². The third-order valence-electron chi connectivity index (χ3n) is 6.76. The van der Waals surface area contributed by atoms with E-state index in [4.69, 9.17) is 4.74 Å². The Kier molecular flexibility index (Phi) is 7.13. The van der Waals surface area contributed by atoms with Crippen molar-refractivity contribution < 1.29 is 18.7 Å². The molecule has 0 aliphatic carbocycles. The van der Waals surface area contributed by atoms with Crippen molar-refractivity contribution in [2.45, 2.75) is 57.7 Å². The maximum absolute atomic E-state index is 13.1. The molecule has 0 radical (unpaired) electrons. The summed E-state index contributed by atoms with van der Waals surface area (Å²) >= 11 is 0. The second kappa shape index (κ2) is 10.0. The molecule has 0 bridgehead atoms. The van der Waals surface area contributed by atoms with E-state index in [0.29, 0.717) is 24.4 Å². The van der Waals surface area contributed by atoms with Gasteiger partial charge in [0.25, 0.3) is 5.91 Å². The number of hydrogen-bond donors (Lipinski definition) is 1. The van der Waals surface area contributed by atoms with Gasteiger partial charge in [0, 0.05) is 31.6 Å². The summed E-state index contributed by atoms with van der Waals surface area (Å²) < 4.78 is 19.5. The van der Waals surface area contributed by atoms with Crippen molar-refractivity contribution in [3.63, 3.8) is 0 Å². The Morgan fingerprint density at radius 3 is 2.24 bits per heavy atom. The Morgan fingerprint density at radius 1 is 1.03 bits per heavy atom. The highest BCUT2D eigenvalue weighted by Gasteiger charge is 2.43. The van der Waals surface area contributed by atoms with Crippen molar-refractivity contribution in [1.29, 1.82) is 0 Å². The van der Waals surface area contributed by atoms with E-state index < -0.39 is 0 Å². The Balaban J connectivity index is 1.24. The number of nitrogens with zero attached hydrogens (tertiary/aromatic N) is 1. The predicted molar refractivity (Wildman–Crippen MR) is 126 cm³/mol. The van der Waals surface area contributed by atoms with Crippen molar-refractivity contribution in [3.8, 4) is 11.1 Å². The van der Waals surface area contributed by atoms with E-state index in [1.807, 2.05) is 17.0 Å². The zero-order valence-electron chi connectivity index (χ0n) is 19.5. The van der Waals surface area contributed by atoms with Gasteiger partial charge in [0.2, 0.25) is 5.91 Å². The summed E-state index contributed by atoms with van der Waals surface area (Å²) in [6, 6.07) is 13.6. The number of halogens is 1. The van der Waals surface area contributed by atoms with Crippen LogP contribution in [0.2, 0.25) is 0 Å². The first-order valence-electron chi connectivity index (χ1n) is 11.9. The molecular formula is C27H33FN2O3. The second-order valence-corrected chi connectivity index (χ2v) is 9.73. The van der Waals surface area contributed by atoms with Gasteiger partial charge >= 0.3 is 0 Å². The normalized spacial score (nSPS) is 19.8. The highest BCUT2D eigenvalue weighted by Crippen LogP contribution is 2.39. The van der Waals surface area contributed by atoms with Gasteiger partial charge < -0.3 is 15.0 Å². The van der Waals surface area contributed by atoms with Gasteiger partial charge in [-0.05, 0) is 67.0 Å². The first kappa shape index (κ1) is 23.4. The molecule has 1 atom stereocenters. The molecule has 2 amide bonds. The Morgan fingerprint density at radius 2 is 1.64 bits per heavy atom. The van der Waals surface area contributed by atoms with Gasteiger partial charge in [-0.3, -0.25) is 9.59 Å². The first-order chi connectivity index (χ1) is 15.8. The highest BCUT2D eigenvalue weighted by molar-refractivity contribution is 5.94. The lowest BCUT2D eigenvalue weighted by Crippen LogP contribution is -2.47. The Bertz CT molecular complexity index is 964. The van der Waals surface area contributed by atoms with E-state index in [-0.39, 0.29) is 29.3 Å². The number of amides is 2. The fourth-order valence-electron chi connectivity index (χ4n) is 4.81. The molecule has 5 nitrogen and oxygen atoms in total. The SMILES string of the molecule is CC(C)CC(=O)N1CCC2(CCC(CNC(=O)c3ccc(-c4ccc(F)cc4)cc3)O2)CC1. The van der Waals surface area contributed by atoms with Crippen LogP contribution >= 0.6 is 0 Å². The van der Waals surface area contributed by atoms with Gasteiger partial charge in [-0.1, -0.05) is 38.1 Å². The fourth-order valence-corrected chi connectivity index (χ4v) is 4.81. The maximum Gasteiger partial charge on any atom is 0.251 e. The number of rotatable bonds is 6. The molecule has 176 valence electrons. The van der Waals surface area contributed by atoms with Gasteiger partial charge in [-0.25, -0.2) is 4.39 Å². The smallest absolute Gasteiger partial charge is 0.251 e. The second-order valence-electron chi connectivity index (χ2n) is 9.73. The van der Waals surface area contributed by atoms with Gasteiger partial charge in [-0.15, -0.1) is 0 Å². The summed E-state index contributed by atoms with van der Waals surface area (Å²) in [5, 5.41) is 3.00. The molecule has 2 saturated heterocycles. The maximum atomic E-state index is 13.1. The largest absolute Gasteiger partial charge is 0.370 e. The van der Waals surface area contributed by atoms with Crippen LogP contribution in [0.1, 0.15) is 56.3 Å². The number of ether oxygens (including phenoxy) is 1. The van der Waals surface area contributed by atoms with Gasteiger partial charge in [0.15, 0.2) is 0 Å². The van der Waals surface area contributed by atoms with Crippen molar-refractivity contribution in [2.24, 2.45) is 5.92 Å². The molecule has 2 heterocycles. The minimum absolute atomic E-state index is 0.00496. The van der Waals surface area contributed by atoms with Crippen molar-refractivity contribution in [3.05, 3.63) is 59.9 Å². The zero-order valence-corrected chi connectivity index (χ0v) is 19.5. The monoisotopic (exact) mass is 452 g/mol. The lowest BCUT2D eigenvalue weighted by molar-refractivity contribution is -0.138. The van der Waals surface area contributed by atoms with E-state index in [0.717, 1.165) is 49.9 Å². The third-order valence-corrected chi connectivity index (χ3v) is 6.76.